The molecule has 4 heterocycles. The van der Waals surface area contributed by atoms with Crippen LogP contribution in [0.4, 0.5) is 9.59 Å². The van der Waals surface area contributed by atoms with Crippen LogP contribution < -0.4 is 10.6 Å². The number of H-pyrrole nitrogens is 2. The molecule has 2 aliphatic rings. The van der Waals surface area contributed by atoms with E-state index < -0.39 is 42.4 Å². The second kappa shape index (κ2) is 18.5. The van der Waals surface area contributed by atoms with E-state index in [1.165, 1.54) is 21.3 Å². The number of nitrogens with one attached hydrogen (secondary N) is 4. The van der Waals surface area contributed by atoms with Crippen LogP contribution in [-0.2, 0) is 23.8 Å². The highest BCUT2D eigenvalue weighted by Gasteiger charge is 2.40. The van der Waals surface area contributed by atoms with Gasteiger partial charge in [-0.3, -0.25) is 9.59 Å². The predicted octanol–water partition coefficient (Wildman–Crippen LogP) is 4.91. The Kier molecular flexibility index (Phi) is 13.2. The van der Waals surface area contributed by atoms with Crippen molar-refractivity contribution in [2.45, 2.75) is 83.1 Å². The molecule has 5 N–H and O–H groups in total. The number of methoxy groups -OCH3 is 3. The number of benzene rings is 2. The zero-order valence-corrected chi connectivity index (χ0v) is 34.0. The summed E-state index contributed by atoms with van der Waals surface area (Å²) in [6.07, 6.45) is 3.09. The van der Waals surface area contributed by atoms with E-state index in [1.807, 2.05) is 50.2 Å². The Balaban J connectivity index is 1.19. The molecule has 59 heavy (non-hydrogen) atoms. The highest BCUT2D eigenvalue weighted by Crippen LogP contribution is 2.34. The lowest BCUT2D eigenvalue weighted by molar-refractivity contribution is -0.137. The molecule has 2 aromatic carbocycles. The number of hydrogen-bond donors (Lipinski definition) is 5. The predicted molar refractivity (Wildman–Crippen MR) is 215 cm³/mol. The second-order valence-corrected chi connectivity index (χ2v) is 14.8. The minimum Gasteiger partial charge on any atom is -0.476 e. The number of amides is 4. The third kappa shape index (κ3) is 9.18. The van der Waals surface area contributed by atoms with Crippen molar-refractivity contribution in [2.24, 2.45) is 5.92 Å². The molecule has 6 rings (SSSR count). The molecule has 312 valence electrons. The fraction of sp³-hybridized carbons (Fsp3) is 0.452. The summed E-state index contributed by atoms with van der Waals surface area (Å²) in [7, 11) is 3.96. The topological polar surface area (TPSA) is 221 Å². The van der Waals surface area contributed by atoms with Crippen LogP contribution in [0.2, 0.25) is 0 Å². The molecule has 4 amide bonds. The molecule has 0 aliphatic carbocycles. The lowest BCUT2D eigenvalue weighted by atomic mass is 9.97. The number of hydrogen-bond acceptors (Lipinski definition) is 10. The lowest BCUT2D eigenvalue weighted by Gasteiger charge is -2.30. The Hall–Kier alpha value is -6.41. The molecule has 17 nitrogen and oxygen atoms in total. The van der Waals surface area contributed by atoms with Crippen LogP contribution in [0, 0.1) is 17.8 Å². The number of ether oxygens (including phenoxy) is 3. The zero-order chi connectivity index (χ0) is 42.4. The molecule has 0 spiro atoms. The smallest absolute Gasteiger partial charge is 0.407 e. The van der Waals surface area contributed by atoms with E-state index in [1.54, 1.807) is 22.9 Å². The first-order chi connectivity index (χ1) is 28.4. The molecule has 0 radical (unpaired) electrons. The fourth-order valence-electron chi connectivity index (χ4n) is 7.63. The van der Waals surface area contributed by atoms with Crippen molar-refractivity contribution < 1.29 is 43.3 Å². The Bertz CT molecular complexity index is 2280. The summed E-state index contributed by atoms with van der Waals surface area (Å²) in [5, 5.41) is 17.1. The zero-order valence-electron chi connectivity index (χ0n) is 34.0. The number of imidazole rings is 2. The van der Waals surface area contributed by atoms with Crippen molar-refractivity contribution in [3.8, 4) is 23.1 Å². The van der Waals surface area contributed by atoms with Gasteiger partial charge < -0.3 is 49.7 Å². The van der Waals surface area contributed by atoms with Gasteiger partial charge in [-0.15, -0.1) is 0 Å². The van der Waals surface area contributed by atoms with Crippen molar-refractivity contribution in [3.05, 3.63) is 71.2 Å². The van der Waals surface area contributed by atoms with Gasteiger partial charge in [0.15, 0.2) is 5.69 Å². The molecule has 17 heteroatoms. The molecule has 0 unspecified atom stereocenters. The fourth-order valence-corrected chi connectivity index (χ4v) is 7.63. The Morgan fingerprint density at radius 3 is 2.08 bits per heavy atom. The summed E-state index contributed by atoms with van der Waals surface area (Å²) in [4.78, 5) is 82.6. The number of carbonyl (C=O) groups is 5. The van der Waals surface area contributed by atoms with Gasteiger partial charge in [0.1, 0.15) is 29.4 Å². The summed E-state index contributed by atoms with van der Waals surface area (Å²) >= 11 is 0. The number of carboxylic acid groups (broad SMARTS) is 1. The molecule has 0 saturated carbocycles. The van der Waals surface area contributed by atoms with E-state index in [4.69, 9.17) is 14.2 Å². The van der Waals surface area contributed by atoms with Gasteiger partial charge in [-0.25, -0.2) is 24.4 Å². The van der Waals surface area contributed by atoms with Gasteiger partial charge >= 0.3 is 18.2 Å². The second-order valence-electron chi connectivity index (χ2n) is 14.8. The van der Waals surface area contributed by atoms with Gasteiger partial charge in [0, 0.05) is 31.3 Å². The van der Waals surface area contributed by atoms with Crippen LogP contribution in [0.25, 0.3) is 22.0 Å². The van der Waals surface area contributed by atoms with Crippen molar-refractivity contribution >= 4 is 40.7 Å². The maximum Gasteiger partial charge on any atom is 0.407 e. The van der Waals surface area contributed by atoms with Crippen LogP contribution in [0.15, 0.2) is 42.6 Å². The van der Waals surface area contributed by atoms with E-state index in [0.717, 1.165) is 28.5 Å². The molecule has 2 aromatic heterocycles. The van der Waals surface area contributed by atoms with E-state index in [9.17, 15) is 29.1 Å². The molecule has 2 aliphatic heterocycles. The normalized spacial score (nSPS) is 18.3. The highest BCUT2D eigenvalue weighted by atomic mass is 16.5. The number of nitrogens with zero attached hydrogens (tertiary/aromatic N) is 4. The lowest BCUT2D eigenvalue weighted by Crippen LogP contribution is -2.54. The summed E-state index contributed by atoms with van der Waals surface area (Å²) in [5.41, 5.74) is 2.19. The third-order valence-corrected chi connectivity index (χ3v) is 11.2. The number of aromatic nitrogens is 4. The quantitative estimate of drug-likeness (QED) is 0.121. The SMILES string of the molecule is CC[C@H](C)[C@H](NC(=O)OC)C(=O)N1CCC[C@H]1c1nc(C(=O)O)c(C#Cc2ccc3cc(-c4cnc([C@@H]5CCCN5C(=O)[C@@H](NC(=O)OC)[C@@H](C)OC)[nH]4)ccc3c2)[nH]1. The summed E-state index contributed by atoms with van der Waals surface area (Å²) < 4.78 is 14.9. The first kappa shape index (κ1) is 42.2. The largest absolute Gasteiger partial charge is 0.476 e. The van der Waals surface area contributed by atoms with Gasteiger partial charge in [-0.05, 0) is 73.4 Å². The highest BCUT2D eigenvalue weighted by molar-refractivity contribution is 5.90. The van der Waals surface area contributed by atoms with Crippen molar-refractivity contribution in [3.63, 3.8) is 0 Å². The van der Waals surface area contributed by atoms with Gasteiger partial charge in [0.25, 0.3) is 0 Å². The molecular weight excluding hydrogens is 761 g/mol. The number of aromatic amines is 2. The van der Waals surface area contributed by atoms with Gasteiger partial charge in [-0.2, -0.15) is 0 Å². The minimum atomic E-state index is -1.25. The Labute approximate surface area is 341 Å². The van der Waals surface area contributed by atoms with E-state index in [0.29, 0.717) is 56.0 Å². The number of rotatable bonds is 12. The van der Waals surface area contributed by atoms with Crippen LogP contribution in [0.1, 0.15) is 98.4 Å². The van der Waals surface area contributed by atoms with Gasteiger partial charge in [0.2, 0.25) is 11.8 Å². The number of carboxylic acids is 1. The average molecular weight is 811 g/mol. The molecule has 2 fully saturated rings. The van der Waals surface area contributed by atoms with Gasteiger partial charge in [0.05, 0.1) is 44.3 Å². The molecular formula is C42H50N8O9. The molecule has 0 bridgehead atoms. The average Bonchev–Trinajstić information content (AvgIpc) is 4.09. The summed E-state index contributed by atoms with van der Waals surface area (Å²) in [6.45, 7) is 6.45. The molecule has 4 aromatic rings. The van der Waals surface area contributed by atoms with Crippen molar-refractivity contribution in [1.82, 2.24) is 40.4 Å². The number of fused-ring (bicyclic) bond motifs is 1. The van der Waals surface area contributed by atoms with E-state index in [-0.39, 0.29) is 35.2 Å². The van der Waals surface area contributed by atoms with Crippen LogP contribution in [-0.4, -0.2) is 117 Å². The summed E-state index contributed by atoms with van der Waals surface area (Å²) in [5.74, 6) is 4.99. The van der Waals surface area contributed by atoms with Crippen LogP contribution in [0.3, 0.4) is 0 Å². The van der Waals surface area contributed by atoms with Crippen molar-refractivity contribution in [1.29, 1.82) is 0 Å². The molecule has 6 atom stereocenters. The molecule has 2 saturated heterocycles. The first-order valence-corrected chi connectivity index (χ1v) is 19.6. The van der Waals surface area contributed by atoms with E-state index in [2.05, 4.69) is 42.4 Å². The van der Waals surface area contributed by atoms with E-state index >= 15 is 0 Å². The Morgan fingerprint density at radius 2 is 1.46 bits per heavy atom. The van der Waals surface area contributed by atoms with Crippen molar-refractivity contribution in [2.75, 3.05) is 34.4 Å². The number of aromatic carboxylic acids is 1. The maximum atomic E-state index is 13.7. The number of alkyl carbamates (subject to hydrolysis) is 2. The maximum absolute atomic E-state index is 13.7. The van der Waals surface area contributed by atoms with Crippen LogP contribution in [0.5, 0.6) is 0 Å². The monoisotopic (exact) mass is 810 g/mol. The summed E-state index contributed by atoms with van der Waals surface area (Å²) in [6, 6.07) is 9.04. The van der Waals surface area contributed by atoms with Crippen LogP contribution >= 0.6 is 0 Å². The number of likely N-dealkylation sites (tertiary alicyclic amines) is 2. The first-order valence-electron chi connectivity index (χ1n) is 19.6. The minimum absolute atomic E-state index is 0.120. The Morgan fingerprint density at radius 1 is 0.847 bits per heavy atom. The van der Waals surface area contributed by atoms with Gasteiger partial charge in [-0.1, -0.05) is 44.4 Å². The number of carbonyl (C=O) groups excluding carboxylic acids is 4. The third-order valence-electron chi connectivity index (χ3n) is 11.2. The standard InChI is InChI=1S/C42H50N8O9/c1-7-23(2)33(47-41(55)58-5)38(51)50-19-9-11-32(50)37-44-29(35(46-37)40(53)54)17-13-25-12-14-27-21-28(16-15-26(27)20-25)30-22-43-36(45-30)31-10-8-18-49(31)39(52)34(24(3)57-4)48-42(56)59-6/h12,14-16,20-24,31-34H,7-11,18-19H2,1-6H3,(H,43,45)(H,44,46)(H,47,55)(H,48,56)(H,53,54)/t23-,24+,31-,32-,33-,34-/m0/s1.